The third-order valence-corrected chi connectivity index (χ3v) is 4.87. The first-order valence-corrected chi connectivity index (χ1v) is 9.74. The van der Waals surface area contributed by atoms with E-state index >= 15 is 0 Å². The van der Waals surface area contributed by atoms with Crippen LogP contribution in [0, 0.1) is 12.7 Å². The van der Waals surface area contributed by atoms with Crippen LogP contribution in [-0.2, 0) is 14.8 Å². The van der Waals surface area contributed by atoms with Gasteiger partial charge in [-0.05, 0) is 36.8 Å². The molecular formula is C18H21FN2O4S. The summed E-state index contributed by atoms with van der Waals surface area (Å²) in [5, 5.41) is 2.70. The third-order valence-electron chi connectivity index (χ3n) is 3.69. The monoisotopic (exact) mass is 380 g/mol. The van der Waals surface area contributed by atoms with Gasteiger partial charge in [0.1, 0.15) is 11.6 Å². The van der Waals surface area contributed by atoms with Gasteiger partial charge >= 0.3 is 0 Å². The number of aryl methyl sites for hydroxylation is 1. The molecule has 8 heteroatoms. The summed E-state index contributed by atoms with van der Waals surface area (Å²) in [5.74, 6) is -0.574. The topological polar surface area (TPSA) is 75.7 Å². The minimum atomic E-state index is -3.74. The van der Waals surface area contributed by atoms with E-state index in [4.69, 9.17) is 4.74 Å². The van der Waals surface area contributed by atoms with Crippen molar-refractivity contribution in [2.75, 3.05) is 29.5 Å². The first-order valence-electron chi connectivity index (χ1n) is 7.89. The van der Waals surface area contributed by atoms with Crippen LogP contribution in [-0.4, -0.2) is 34.2 Å². The van der Waals surface area contributed by atoms with E-state index in [-0.39, 0.29) is 18.7 Å². The van der Waals surface area contributed by atoms with E-state index in [1.807, 2.05) is 13.0 Å². The summed E-state index contributed by atoms with van der Waals surface area (Å²) in [6.07, 6.45) is 0.833. The predicted octanol–water partition coefficient (Wildman–Crippen LogP) is 2.94. The Labute approximate surface area is 152 Å². The van der Waals surface area contributed by atoms with Gasteiger partial charge in [0.15, 0.2) is 0 Å². The van der Waals surface area contributed by atoms with Crippen molar-refractivity contribution in [2.24, 2.45) is 0 Å². The lowest BCUT2D eigenvalue weighted by atomic mass is 10.2. The zero-order valence-corrected chi connectivity index (χ0v) is 15.6. The van der Waals surface area contributed by atoms with Crippen molar-refractivity contribution in [3.63, 3.8) is 0 Å². The molecule has 0 atom stereocenters. The number of methoxy groups -OCH3 is 1. The lowest BCUT2D eigenvalue weighted by molar-refractivity contribution is -0.116. The molecule has 0 aliphatic rings. The molecular weight excluding hydrogens is 359 g/mol. The summed E-state index contributed by atoms with van der Waals surface area (Å²) in [5.41, 5.74) is 1.34. The number of ether oxygens (including phenoxy) is 1. The Morgan fingerprint density at radius 1 is 1.23 bits per heavy atom. The number of benzene rings is 2. The van der Waals surface area contributed by atoms with E-state index in [1.165, 1.54) is 31.4 Å². The van der Waals surface area contributed by atoms with Gasteiger partial charge in [-0.2, -0.15) is 0 Å². The zero-order valence-electron chi connectivity index (χ0n) is 14.8. The first kappa shape index (κ1) is 19.7. The summed E-state index contributed by atoms with van der Waals surface area (Å²) in [4.78, 5) is 12.3. The summed E-state index contributed by atoms with van der Waals surface area (Å²) >= 11 is 0. The highest BCUT2D eigenvalue weighted by molar-refractivity contribution is 7.92. The Morgan fingerprint density at radius 3 is 2.54 bits per heavy atom. The normalized spacial score (nSPS) is 11.1. The van der Waals surface area contributed by atoms with Gasteiger partial charge < -0.3 is 10.1 Å². The maximum atomic E-state index is 14.0. The number of hydrogen-bond donors (Lipinski definition) is 1. The SMILES string of the molecule is COc1ccc(C)cc1NC(=O)CCN(c1ccccc1F)S(C)(=O)=O. The second kappa shape index (κ2) is 8.18. The second-order valence-corrected chi connectivity index (χ2v) is 7.70. The Morgan fingerprint density at radius 2 is 1.92 bits per heavy atom. The molecule has 0 aromatic heterocycles. The van der Waals surface area contributed by atoms with Gasteiger partial charge in [-0.1, -0.05) is 18.2 Å². The molecule has 2 rings (SSSR count). The summed E-state index contributed by atoms with van der Waals surface area (Å²) < 4.78 is 44.1. The fourth-order valence-electron chi connectivity index (χ4n) is 2.45. The molecule has 0 aliphatic heterocycles. The van der Waals surface area contributed by atoms with Crippen molar-refractivity contribution in [1.29, 1.82) is 0 Å². The molecule has 0 aliphatic carbocycles. The largest absolute Gasteiger partial charge is 0.495 e. The Balaban J connectivity index is 2.13. The number of para-hydroxylation sites is 1. The predicted molar refractivity (Wildman–Crippen MR) is 99.6 cm³/mol. The summed E-state index contributed by atoms with van der Waals surface area (Å²) in [6, 6.07) is 10.9. The second-order valence-electron chi connectivity index (χ2n) is 5.79. The number of nitrogens with one attached hydrogen (secondary N) is 1. The smallest absolute Gasteiger partial charge is 0.232 e. The van der Waals surface area contributed by atoms with Crippen LogP contribution in [0.2, 0.25) is 0 Å². The molecule has 1 N–H and O–H groups in total. The van der Waals surface area contributed by atoms with Crippen LogP contribution in [0.4, 0.5) is 15.8 Å². The summed E-state index contributed by atoms with van der Waals surface area (Å²) in [7, 11) is -2.25. The van der Waals surface area contributed by atoms with Crippen LogP contribution in [0.15, 0.2) is 42.5 Å². The van der Waals surface area contributed by atoms with Crippen LogP contribution in [0.5, 0.6) is 5.75 Å². The molecule has 26 heavy (non-hydrogen) atoms. The highest BCUT2D eigenvalue weighted by Crippen LogP contribution is 2.26. The number of halogens is 1. The highest BCUT2D eigenvalue weighted by Gasteiger charge is 2.21. The number of hydrogen-bond acceptors (Lipinski definition) is 4. The van der Waals surface area contributed by atoms with E-state index in [2.05, 4.69) is 5.32 Å². The van der Waals surface area contributed by atoms with Crippen molar-refractivity contribution in [3.8, 4) is 5.75 Å². The fourth-order valence-corrected chi connectivity index (χ4v) is 3.38. The average molecular weight is 380 g/mol. The molecule has 0 heterocycles. The molecule has 6 nitrogen and oxygen atoms in total. The van der Waals surface area contributed by atoms with Crippen molar-refractivity contribution in [3.05, 3.63) is 53.8 Å². The molecule has 0 bridgehead atoms. The number of anilines is 2. The number of sulfonamides is 1. The first-order chi connectivity index (χ1) is 12.2. The molecule has 0 unspecified atom stereocenters. The number of carbonyl (C=O) groups excluding carboxylic acids is 1. The zero-order chi connectivity index (χ0) is 19.3. The Hall–Kier alpha value is -2.61. The van der Waals surface area contributed by atoms with Gasteiger partial charge in [-0.3, -0.25) is 9.10 Å². The van der Waals surface area contributed by atoms with Gasteiger partial charge in [-0.15, -0.1) is 0 Å². The van der Waals surface area contributed by atoms with Crippen LogP contribution < -0.4 is 14.4 Å². The van der Waals surface area contributed by atoms with E-state index in [1.54, 1.807) is 12.1 Å². The van der Waals surface area contributed by atoms with Crippen molar-refractivity contribution < 1.29 is 22.3 Å². The van der Waals surface area contributed by atoms with Crippen LogP contribution in [0.1, 0.15) is 12.0 Å². The highest BCUT2D eigenvalue weighted by atomic mass is 32.2. The molecule has 0 fully saturated rings. The van der Waals surface area contributed by atoms with Crippen molar-refractivity contribution in [2.45, 2.75) is 13.3 Å². The lowest BCUT2D eigenvalue weighted by Crippen LogP contribution is -2.33. The van der Waals surface area contributed by atoms with Gasteiger partial charge in [0, 0.05) is 13.0 Å². The maximum absolute atomic E-state index is 14.0. The van der Waals surface area contributed by atoms with E-state index < -0.39 is 21.7 Å². The average Bonchev–Trinajstić information content (AvgIpc) is 2.55. The van der Waals surface area contributed by atoms with Gasteiger partial charge in [0.05, 0.1) is 24.7 Å². The molecule has 0 saturated carbocycles. The maximum Gasteiger partial charge on any atom is 0.232 e. The van der Waals surface area contributed by atoms with Crippen molar-refractivity contribution >= 4 is 27.3 Å². The van der Waals surface area contributed by atoms with Gasteiger partial charge in [-0.25, -0.2) is 12.8 Å². The minimum Gasteiger partial charge on any atom is -0.495 e. The molecule has 140 valence electrons. The van der Waals surface area contributed by atoms with E-state index in [0.717, 1.165) is 16.1 Å². The Bertz CT molecular complexity index is 900. The number of nitrogens with zero attached hydrogens (tertiary/aromatic N) is 1. The fraction of sp³-hybridized carbons (Fsp3) is 0.278. The number of amides is 1. The molecule has 0 saturated heterocycles. The van der Waals surface area contributed by atoms with Gasteiger partial charge in [0.25, 0.3) is 0 Å². The van der Waals surface area contributed by atoms with Crippen LogP contribution >= 0.6 is 0 Å². The molecule has 2 aromatic rings. The number of carbonyl (C=O) groups is 1. The molecule has 0 spiro atoms. The van der Waals surface area contributed by atoms with Crippen LogP contribution in [0.3, 0.4) is 0 Å². The van der Waals surface area contributed by atoms with E-state index in [9.17, 15) is 17.6 Å². The summed E-state index contributed by atoms with van der Waals surface area (Å²) in [6.45, 7) is 1.69. The minimum absolute atomic E-state index is 0.0871. The van der Waals surface area contributed by atoms with Crippen molar-refractivity contribution in [1.82, 2.24) is 0 Å². The van der Waals surface area contributed by atoms with Gasteiger partial charge in [0.2, 0.25) is 15.9 Å². The molecule has 0 radical (unpaired) electrons. The standard InChI is InChI=1S/C18H21FN2O4S/c1-13-8-9-17(25-2)15(12-13)20-18(22)10-11-21(26(3,23)24)16-7-5-4-6-14(16)19/h4-9,12H,10-11H2,1-3H3,(H,20,22). The Kier molecular flexibility index (Phi) is 6.20. The third kappa shape index (κ3) is 4.95. The lowest BCUT2D eigenvalue weighted by Gasteiger charge is -2.22. The van der Waals surface area contributed by atoms with Crippen LogP contribution in [0.25, 0.3) is 0 Å². The quantitative estimate of drug-likeness (QED) is 0.801. The molecule has 2 aromatic carbocycles. The van der Waals surface area contributed by atoms with E-state index in [0.29, 0.717) is 11.4 Å². The molecule has 1 amide bonds. The number of rotatable bonds is 7.